The van der Waals surface area contributed by atoms with E-state index in [1.54, 1.807) is 7.11 Å². The standard InChI is InChI=1S/C12H16N2OS/c1-15-12(5-2-6-12)11-13-9(8-3-4-8)7-10(16)14-11/h7-8H,2-6H2,1H3,(H,13,14,16). The van der Waals surface area contributed by atoms with Crippen molar-refractivity contribution in [3.63, 3.8) is 0 Å². The third-order valence-corrected chi connectivity index (χ3v) is 3.97. The van der Waals surface area contributed by atoms with Gasteiger partial charge >= 0.3 is 0 Å². The van der Waals surface area contributed by atoms with Crippen molar-refractivity contribution in [1.82, 2.24) is 9.97 Å². The lowest BCUT2D eigenvalue weighted by atomic mass is 9.79. The molecule has 1 aromatic rings. The Hall–Kier alpha value is -0.740. The van der Waals surface area contributed by atoms with E-state index < -0.39 is 0 Å². The fourth-order valence-electron chi connectivity index (χ4n) is 2.34. The van der Waals surface area contributed by atoms with Gasteiger partial charge in [-0.3, -0.25) is 0 Å². The molecule has 1 aromatic heterocycles. The number of H-pyrrole nitrogens is 1. The van der Waals surface area contributed by atoms with Crippen LogP contribution in [-0.2, 0) is 10.3 Å². The summed E-state index contributed by atoms with van der Waals surface area (Å²) in [6.07, 6.45) is 5.86. The number of aromatic nitrogens is 2. The maximum atomic E-state index is 5.63. The molecule has 3 rings (SSSR count). The third-order valence-electron chi connectivity index (χ3n) is 3.76. The lowest BCUT2D eigenvalue weighted by Crippen LogP contribution is -2.38. The first-order valence-electron chi connectivity index (χ1n) is 5.90. The molecule has 0 atom stereocenters. The Kier molecular flexibility index (Phi) is 2.37. The minimum absolute atomic E-state index is 0.182. The molecule has 0 spiro atoms. The molecule has 0 aromatic carbocycles. The van der Waals surface area contributed by atoms with E-state index in [0.29, 0.717) is 10.6 Å². The van der Waals surface area contributed by atoms with Crippen molar-refractivity contribution in [1.29, 1.82) is 0 Å². The summed E-state index contributed by atoms with van der Waals surface area (Å²) < 4.78 is 6.32. The minimum atomic E-state index is -0.182. The maximum Gasteiger partial charge on any atom is 0.140 e. The smallest absolute Gasteiger partial charge is 0.140 e. The van der Waals surface area contributed by atoms with Crippen LogP contribution in [0.5, 0.6) is 0 Å². The minimum Gasteiger partial charge on any atom is -0.370 e. The number of aromatic amines is 1. The van der Waals surface area contributed by atoms with E-state index in [-0.39, 0.29) is 5.60 Å². The fourth-order valence-corrected chi connectivity index (χ4v) is 2.56. The molecule has 2 fully saturated rings. The van der Waals surface area contributed by atoms with Crippen LogP contribution >= 0.6 is 12.2 Å². The normalized spacial score (nSPS) is 22.8. The van der Waals surface area contributed by atoms with E-state index in [2.05, 4.69) is 9.97 Å². The molecule has 0 bridgehead atoms. The average Bonchev–Trinajstić information content (AvgIpc) is 2.99. The Morgan fingerprint density at radius 3 is 2.75 bits per heavy atom. The predicted molar refractivity (Wildman–Crippen MR) is 63.9 cm³/mol. The summed E-state index contributed by atoms with van der Waals surface area (Å²) in [6, 6.07) is 2.00. The summed E-state index contributed by atoms with van der Waals surface area (Å²) in [6.45, 7) is 0. The molecule has 1 N–H and O–H groups in total. The molecular weight excluding hydrogens is 220 g/mol. The summed E-state index contributed by atoms with van der Waals surface area (Å²) in [5.74, 6) is 1.62. The zero-order valence-electron chi connectivity index (χ0n) is 9.45. The molecule has 86 valence electrons. The lowest BCUT2D eigenvalue weighted by molar-refractivity contribution is -0.0848. The summed E-state index contributed by atoms with van der Waals surface area (Å²) in [5, 5.41) is 0. The molecule has 3 nitrogen and oxygen atoms in total. The van der Waals surface area contributed by atoms with Crippen molar-refractivity contribution in [2.24, 2.45) is 0 Å². The van der Waals surface area contributed by atoms with E-state index in [4.69, 9.17) is 17.0 Å². The second-order valence-corrected chi connectivity index (χ2v) is 5.27. The Morgan fingerprint density at radius 1 is 1.50 bits per heavy atom. The van der Waals surface area contributed by atoms with Gasteiger partial charge in [-0.05, 0) is 44.1 Å². The SMILES string of the molecule is COC1(c2nc(=S)cc(C3CC3)[nH]2)CCC1. The second-order valence-electron chi connectivity index (χ2n) is 4.85. The van der Waals surface area contributed by atoms with Gasteiger partial charge in [0.15, 0.2) is 0 Å². The number of nitrogens with zero attached hydrogens (tertiary/aromatic N) is 1. The zero-order valence-corrected chi connectivity index (χ0v) is 10.3. The van der Waals surface area contributed by atoms with E-state index in [1.165, 1.54) is 25.0 Å². The first kappa shape index (κ1) is 10.4. The zero-order chi connectivity index (χ0) is 11.2. The van der Waals surface area contributed by atoms with E-state index in [1.807, 2.05) is 6.07 Å². The van der Waals surface area contributed by atoms with Gasteiger partial charge in [0.1, 0.15) is 16.1 Å². The summed E-state index contributed by atoms with van der Waals surface area (Å²) in [5.41, 5.74) is 1.07. The molecule has 1 heterocycles. The largest absolute Gasteiger partial charge is 0.370 e. The molecule has 4 heteroatoms. The van der Waals surface area contributed by atoms with Crippen molar-refractivity contribution < 1.29 is 4.74 Å². The van der Waals surface area contributed by atoms with Crippen LogP contribution in [0.25, 0.3) is 0 Å². The van der Waals surface area contributed by atoms with Crippen molar-refractivity contribution in [2.75, 3.05) is 7.11 Å². The van der Waals surface area contributed by atoms with Gasteiger partial charge in [0.05, 0.1) is 0 Å². The molecule has 0 unspecified atom stereocenters. The van der Waals surface area contributed by atoms with Gasteiger partial charge in [0, 0.05) is 12.8 Å². The van der Waals surface area contributed by atoms with Crippen LogP contribution in [0.1, 0.15) is 49.5 Å². The van der Waals surface area contributed by atoms with Crippen LogP contribution in [0.4, 0.5) is 0 Å². The maximum absolute atomic E-state index is 5.63. The van der Waals surface area contributed by atoms with Crippen LogP contribution in [-0.4, -0.2) is 17.1 Å². The Bertz CT molecular complexity index is 455. The number of hydrogen-bond donors (Lipinski definition) is 1. The summed E-state index contributed by atoms with van der Waals surface area (Å²) in [7, 11) is 1.77. The second kappa shape index (κ2) is 3.64. The molecule has 2 aliphatic rings. The number of methoxy groups -OCH3 is 1. The number of nitrogens with one attached hydrogen (secondary N) is 1. The van der Waals surface area contributed by atoms with Crippen LogP contribution in [0.2, 0.25) is 0 Å². The number of ether oxygens (including phenoxy) is 1. The van der Waals surface area contributed by atoms with Crippen LogP contribution < -0.4 is 0 Å². The molecule has 16 heavy (non-hydrogen) atoms. The topological polar surface area (TPSA) is 37.9 Å². The average molecular weight is 236 g/mol. The molecular formula is C12H16N2OS. The first-order valence-corrected chi connectivity index (χ1v) is 6.31. The monoisotopic (exact) mass is 236 g/mol. The van der Waals surface area contributed by atoms with Gasteiger partial charge in [-0.15, -0.1) is 0 Å². The van der Waals surface area contributed by atoms with Crippen LogP contribution in [0, 0.1) is 4.64 Å². The molecule has 2 saturated carbocycles. The first-order chi connectivity index (χ1) is 7.73. The molecule has 0 amide bonds. The van der Waals surface area contributed by atoms with Gasteiger partial charge in [0.25, 0.3) is 0 Å². The highest BCUT2D eigenvalue weighted by molar-refractivity contribution is 7.71. The van der Waals surface area contributed by atoms with Crippen LogP contribution in [0.3, 0.4) is 0 Å². The van der Waals surface area contributed by atoms with Gasteiger partial charge in [-0.25, -0.2) is 4.98 Å². The fraction of sp³-hybridized carbons (Fsp3) is 0.667. The van der Waals surface area contributed by atoms with Crippen LogP contribution in [0.15, 0.2) is 6.07 Å². The van der Waals surface area contributed by atoms with Crippen molar-refractivity contribution in [3.05, 3.63) is 22.2 Å². The highest BCUT2D eigenvalue weighted by Crippen LogP contribution is 2.44. The summed E-state index contributed by atoms with van der Waals surface area (Å²) >= 11 is 5.24. The molecule has 0 saturated heterocycles. The van der Waals surface area contributed by atoms with E-state index in [9.17, 15) is 0 Å². The quantitative estimate of drug-likeness (QED) is 0.820. The molecule has 0 radical (unpaired) electrons. The van der Waals surface area contributed by atoms with Crippen molar-refractivity contribution >= 4 is 12.2 Å². The number of rotatable bonds is 3. The molecule has 0 aliphatic heterocycles. The lowest BCUT2D eigenvalue weighted by Gasteiger charge is -2.39. The van der Waals surface area contributed by atoms with Crippen molar-refractivity contribution in [3.8, 4) is 0 Å². The van der Waals surface area contributed by atoms with Gasteiger partial charge in [-0.2, -0.15) is 0 Å². The highest BCUT2D eigenvalue weighted by Gasteiger charge is 2.41. The van der Waals surface area contributed by atoms with Gasteiger partial charge < -0.3 is 9.72 Å². The van der Waals surface area contributed by atoms with E-state index >= 15 is 0 Å². The predicted octanol–water partition coefficient (Wildman–Crippen LogP) is 3.04. The highest BCUT2D eigenvalue weighted by atomic mass is 32.1. The Morgan fingerprint density at radius 2 is 2.25 bits per heavy atom. The van der Waals surface area contributed by atoms with Gasteiger partial charge in [0.2, 0.25) is 0 Å². The number of hydrogen-bond acceptors (Lipinski definition) is 3. The van der Waals surface area contributed by atoms with Gasteiger partial charge in [-0.1, -0.05) is 12.2 Å². The van der Waals surface area contributed by atoms with E-state index in [0.717, 1.165) is 18.7 Å². The Balaban J connectivity index is 2.02. The third kappa shape index (κ3) is 1.60. The summed E-state index contributed by atoms with van der Waals surface area (Å²) in [4.78, 5) is 7.88. The van der Waals surface area contributed by atoms with Crippen molar-refractivity contribution in [2.45, 2.75) is 43.6 Å². The Labute approximate surface area is 100 Å². The molecule has 2 aliphatic carbocycles.